The number of benzene rings is 3. The summed E-state index contributed by atoms with van der Waals surface area (Å²) in [6.45, 7) is 0.903. The van der Waals surface area contributed by atoms with E-state index in [0.717, 1.165) is 17.0 Å². The van der Waals surface area contributed by atoms with Gasteiger partial charge in [-0.2, -0.15) is 0 Å². The minimum absolute atomic E-state index is 0. The highest BCUT2D eigenvalue weighted by Gasteiger charge is 2.35. The first kappa shape index (κ1) is 30.6. The van der Waals surface area contributed by atoms with Crippen LogP contribution in [0.3, 0.4) is 0 Å². The lowest BCUT2D eigenvalue weighted by molar-refractivity contribution is 0.0950. The van der Waals surface area contributed by atoms with E-state index < -0.39 is 71.3 Å². The molecule has 0 spiro atoms. The summed E-state index contributed by atoms with van der Waals surface area (Å²) in [5, 5.41) is 2.36. The first-order valence-electron chi connectivity index (χ1n) is 11.9. The van der Waals surface area contributed by atoms with Gasteiger partial charge in [-0.3, -0.25) is 9.69 Å². The molecule has 0 unspecified atom stereocenters. The van der Waals surface area contributed by atoms with Gasteiger partial charge in [0.1, 0.15) is 41.4 Å². The lowest BCUT2D eigenvalue weighted by atomic mass is 9.98. The van der Waals surface area contributed by atoms with Crippen molar-refractivity contribution < 1.29 is 36.3 Å². The molecule has 3 aromatic carbocycles. The highest BCUT2D eigenvalue weighted by atomic mass is 35.5. The maximum Gasteiger partial charge on any atom is 0.325 e. The first-order valence-corrected chi connectivity index (χ1v) is 11.9. The summed E-state index contributed by atoms with van der Waals surface area (Å²) in [7, 11) is 1.53. The Morgan fingerprint density at radius 1 is 0.975 bits per heavy atom. The second-order valence-electron chi connectivity index (χ2n) is 8.96. The molecule has 3 amide bonds. The molecule has 40 heavy (non-hydrogen) atoms. The zero-order chi connectivity index (χ0) is 28.4. The van der Waals surface area contributed by atoms with Gasteiger partial charge in [0.2, 0.25) is 0 Å². The fraction of sp³-hybridized carbons (Fsp3) is 0.259. The predicted octanol–water partition coefficient (Wildman–Crippen LogP) is 5.20. The van der Waals surface area contributed by atoms with Crippen LogP contribution in [0.2, 0.25) is 0 Å². The smallest absolute Gasteiger partial charge is 0.325 e. The highest BCUT2D eigenvalue weighted by molar-refractivity contribution is 5.99. The van der Waals surface area contributed by atoms with Crippen LogP contribution in [0.25, 0.3) is 0 Å². The number of rotatable bonds is 8. The Hall–Kier alpha value is -3.90. The number of carbonyl (C=O) groups excluding carboxylic acids is 2. The van der Waals surface area contributed by atoms with E-state index in [1.165, 1.54) is 24.1 Å². The van der Waals surface area contributed by atoms with Crippen LogP contribution in [-0.4, -0.2) is 37.0 Å². The molecule has 1 aliphatic rings. The molecule has 13 heteroatoms. The summed E-state index contributed by atoms with van der Waals surface area (Å²) in [6.07, 6.45) is 0. The number of hydrogen-bond donors (Lipinski definition) is 2. The van der Waals surface area contributed by atoms with Gasteiger partial charge in [-0.1, -0.05) is 6.07 Å². The number of hydrogen-bond acceptors (Lipinski definition) is 4. The van der Waals surface area contributed by atoms with Crippen molar-refractivity contribution >= 4 is 30.0 Å². The van der Waals surface area contributed by atoms with E-state index in [2.05, 4.69) is 5.32 Å². The van der Waals surface area contributed by atoms with Crippen LogP contribution in [0.4, 0.5) is 32.4 Å². The van der Waals surface area contributed by atoms with Crippen molar-refractivity contribution in [3.05, 3.63) is 93.8 Å². The van der Waals surface area contributed by atoms with Gasteiger partial charge in [-0.25, -0.2) is 26.7 Å². The van der Waals surface area contributed by atoms with Crippen molar-refractivity contribution in [1.82, 2.24) is 10.2 Å². The molecule has 1 atom stereocenters. The number of nitrogens with two attached hydrogens (primary N) is 1. The maximum atomic E-state index is 14.9. The van der Waals surface area contributed by atoms with Crippen LogP contribution < -0.4 is 20.7 Å². The van der Waals surface area contributed by atoms with Crippen molar-refractivity contribution in [2.24, 2.45) is 5.73 Å². The molecule has 4 rings (SSSR count). The Kier molecular flexibility index (Phi) is 9.59. The van der Waals surface area contributed by atoms with Crippen molar-refractivity contribution in [2.45, 2.75) is 26.1 Å². The average Bonchev–Trinajstić information content (AvgIpc) is 2.88. The van der Waals surface area contributed by atoms with E-state index in [9.17, 15) is 31.5 Å². The van der Waals surface area contributed by atoms with Crippen molar-refractivity contribution in [2.75, 3.05) is 25.1 Å². The monoisotopic (exact) mass is 584 g/mol. The number of anilines is 1. The van der Waals surface area contributed by atoms with Crippen LogP contribution in [0.5, 0.6) is 5.75 Å². The Morgan fingerprint density at radius 2 is 1.57 bits per heavy atom. The minimum Gasteiger partial charge on any atom is -0.492 e. The molecule has 0 fully saturated rings. The van der Waals surface area contributed by atoms with Crippen LogP contribution >= 0.6 is 12.4 Å². The van der Waals surface area contributed by atoms with Crippen molar-refractivity contribution in [3.8, 4) is 5.75 Å². The first-order chi connectivity index (χ1) is 18.5. The van der Waals surface area contributed by atoms with Gasteiger partial charge in [0.25, 0.3) is 5.91 Å². The third kappa shape index (κ3) is 6.13. The lowest BCUT2D eigenvalue weighted by Crippen LogP contribution is -2.47. The number of urea groups is 1. The molecule has 0 aliphatic carbocycles. The zero-order valence-corrected chi connectivity index (χ0v) is 22.3. The van der Waals surface area contributed by atoms with Crippen LogP contribution in [0.15, 0.2) is 42.5 Å². The Labute approximate surface area is 233 Å². The second kappa shape index (κ2) is 12.5. The third-order valence-electron chi connectivity index (χ3n) is 6.50. The Bertz CT molecular complexity index is 1400. The number of nitrogens with zero attached hydrogens (tertiary/aromatic N) is 2. The Morgan fingerprint density at radius 3 is 2.17 bits per heavy atom. The molecule has 0 saturated carbocycles. The number of amides is 3. The molecule has 0 bridgehead atoms. The SMILES string of the molecule is C[C@H]1c2ccc(C(=O)NCc3c(F)cc(F)cc3F)cc2N(Cc2c(F)cc(OCCN)cc2F)C(=O)N1C.Cl. The molecule has 3 N–H and O–H groups in total. The van der Waals surface area contributed by atoms with Gasteiger partial charge in [0, 0.05) is 61.1 Å². The molecular formula is C27H26ClF5N4O3. The normalized spacial score (nSPS) is 14.5. The second-order valence-corrected chi connectivity index (χ2v) is 8.96. The summed E-state index contributed by atoms with van der Waals surface area (Å²) < 4.78 is 76.0. The number of carbonyl (C=O) groups is 2. The van der Waals surface area contributed by atoms with Crippen LogP contribution in [0, 0.1) is 29.1 Å². The minimum atomic E-state index is -1.16. The molecule has 1 heterocycles. The van der Waals surface area contributed by atoms with Gasteiger partial charge in [-0.15, -0.1) is 12.4 Å². The van der Waals surface area contributed by atoms with E-state index >= 15 is 0 Å². The molecule has 0 aromatic heterocycles. The number of ether oxygens (including phenoxy) is 1. The van der Waals surface area contributed by atoms with Gasteiger partial charge in [-0.05, 0) is 24.6 Å². The number of halogens is 6. The average molecular weight is 585 g/mol. The quantitative estimate of drug-likeness (QED) is 0.356. The van der Waals surface area contributed by atoms with E-state index in [0.29, 0.717) is 17.7 Å². The highest BCUT2D eigenvalue weighted by Crippen LogP contribution is 2.38. The number of nitrogens with one attached hydrogen (secondary N) is 1. The molecule has 0 radical (unpaired) electrons. The lowest BCUT2D eigenvalue weighted by Gasteiger charge is -2.39. The molecule has 0 saturated heterocycles. The van der Waals surface area contributed by atoms with Crippen LogP contribution in [-0.2, 0) is 13.1 Å². The molecule has 3 aromatic rings. The molecule has 7 nitrogen and oxygen atoms in total. The largest absolute Gasteiger partial charge is 0.492 e. The Balaban J connectivity index is 0.00000441. The van der Waals surface area contributed by atoms with E-state index in [1.807, 2.05) is 0 Å². The van der Waals surface area contributed by atoms with E-state index in [-0.39, 0.29) is 42.6 Å². The van der Waals surface area contributed by atoms with E-state index in [4.69, 9.17) is 10.5 Å². The maximum absolute atomic E-state index is 14.9. The number of fused-ring (bicyclic) bond motifs is 1. The van der Waals surface area contributed by atoms with Gasteiger partial charge < -0.3 is 20.7 Å². The van der Waals surface area contributed by atoms with Gasteiger partial charge in [0.15, 0.2) is 0 Å². The summed E-state index contributed by atoms with van der Waals surface area (Å²) >= 11 is 0. The predicted molar refractivity (Wildman–Crippen MR) is 140 cm³/mol. The summed E-state index contributed by atoms with van der Waals surface area (Å²) in [6, 6.07) is 6.39. The van der Waals surface area contributed by atoms with E-state index in [1.54, 1.807) is 13.0 Å². The summed E-state index contributed by atoms with van der Waals surface area (Å²) in [5.41, 5.74) is 5.30. The topological polar surface area (TPSA) is 87.9 Å². The summed E-state index contributed by atoms with van der Waals surface area (Å²) in [5.74, 6) is -6.07. The molecule has 214 valence electrons. The fourth-order valence-electron chi connectivity index (χ4n) is 4.25. The summed E-state index contributed by atoms with van der Waals surface area (Å²) in [4.78, 5) is 28.5. The molecule has 1 aliphatic heterocycles. The van der Waals surface area contributed by atoms with Crippen molar-refractivity contribution in [3.63, 3.8) is 0 Å². The third-order valence-corrected chi connectivity index (χ3v) is 6.50. The zero-order valence-electron chi connectivity index (χ0n) is 21.4. The molecular weight excluding hydrogens is 559 g/mol. The standard InChI is InChI=1S/C27H25F5N4O3.ClH/c1-14-18-4-3-15(26(37)34-12-19-21(29)8-16(28)9-22(19)30)7-25(18)36(27(38)35(14)2)13-20-23(31)10-17(11-24(20)32)39-6-5-33;/h3-4,7-11,14H,5-6,12-13,33H2,1-2H3,(H,34,37);1H/t14-;/m0./s1. The fourth-order valence-corrected chi connectivity index (χ4v) is 4.25. The van der Waals surface area contributed by atoms with Crippen LogP contribution in [0.1, 0.15) is 40.0 Å². The van der Waals surface area contributed by atoms with Crippen molar-refractivity contribution in [1.29, 1.82) is 0 Å². The van der Waals surface area contributed by atoms with Gasteiger partial charge in [0.05, 0.1) is 18.3 Å². The van der Waals surface area contributed by atoms with Gasteiger partial charge >= 0.3 is 6.03 Å².